The van der Waals surface area contributed by atoms with Crippen molar-refractivity contribution < 1.29 is 14.3 Å². The van der Waals surface area contributed by atoms with Gasteiger partial charge in [-0.3, -0.25) is 9.59 Å². The minimum Gasteiger partial charge on any atom is -0.380 e. The molecule has 0 unspecified atom stereocenters. The van der Waals surface area contributed by atoms with Gasteiger partial charge < -0.3 is 19.1 Å². The molecule has 1 saturated heterocycles. The third-order valence-corrected chi connectivity index (χ3v) is 7.91. The van der Waals surface area contributed by atoms with Gasteiger partial charge in [-0.2, -0.15) is 4.99 Å². The number of hydrogen-bond donors (Lipinski definition) is 0. The molecule has 0 spiro atoms. The van der Waals surface area contributed by atoms with E-state index in [1.165, 1.54) is 28.8 Å². The van der Waals surface area contributed by atoms with Crippen LogP contribution < -0.4 is 9.70 Å². The SMILES string of the molecule is CCOCCn1c(=NC(=O)CSCC(=O)N2CCN(c3ccccc3)CC2)sc2cc(Cl)ccc21. The maximum atomic E-state index is 12.6. The standard InChI is InChI=1S/C25H29ClN4O3S2/c1-2-33-15-14-30-21-9-8-19(26)16-22(21)35-25(30)27-23(31)17-34-18-24(32)29-12-10-28(11-13-29)20-6-4-3-5-7-20/h3-9,16H,2,10-15,17-18H2,1H3. The summed E-state index contributed by atoms with van der Waals surface area (Å²) in [7, 11) is 0. The highest BCUT2D eigenvalue weighted by atomic mass is 35.5. The lowest BCUT2D eigenvalue weighted by molar-refractivity contribution is -0.128. The van der Waals surface area contributed by atoms with Crippen molar-refractivity contribution in [3.63, 3.8) is 0 Å². The monoisotopic (exact) mass is 532 g/mol. The van der Waals surface area contributed by atoms with Crippen LogP contribution in [0, 0.1) is 0 Å². The van der Waals surface area contributed by atoms with E-state index in [0.29, 0.717) is 42.7 Å². The fraction of sp³-hybridized carbons (Fsp3) is 0.400. The molecule has 2 heterocycles. The molecular weight excluding hydrogens is 504 g/mol. The number of carbonyl (C=O) groups is 2. The molecule has 1 aliphatic heterocycles. The van der Waals surface area contributed by atoms with Gasteiger partial charge in [0, 0.05) is 50.0 Å². The van der Waals surface area contributed by atoms with Crippen LogP contribution in [-0.4, -0.2) is 72.2 Å². The molecule has 35 heavy (non-hydrogen) atoms. The fourth-order valence-corrected chi connectivity index (χ4v) is 6.01. The van der Waals surface area contributed by atoms with Crippen LogP contribution in [0.5, 0.6) is 0 Å². The van der Waals surface area contributed by atoms with Crippen LogP contribution in [-0.2, 0) is 20.9 Å². The van der Waals surface area contributed by atoms with Crippen molar-refractivity contribution in [3.05, 3.63) is 58.4 Å². The first-order valence-corrected chi connectivity index (χ1v) is 14.0. The van der Waals surface area contributed by atoms with E-state index in [2.05, 4.69) is 22.0 Å². The number of anilines is 1. The molecule has 0 bridgehead atoms. The summed E-state index contributed by atoms with van der Waals surface area (Å²) < 4.78 is 8.46. The van der Waals surface area contributed by atoms with Crippen LogP contribution in [0.2, 0.25) is 5.02 Å². The molecule has 2 amide bonds. The van der Waals surface area contributed by atoms with Gasteiger partial charge in [0.1, 0.15) is 0 Å². The number of ether oxygens (including phenoxy) is 1. The lowest BCUT2D eigenvalue weighted by Gasteiger charge is -2.36. The second-order valence-electron chi connectivity index (χ2n) is 8.05. The Bertz CT molecular complexity index is 1220. The zero-order valence-corrected chi connectivity index (χ0v) is 22.1. The van der Waals surface area contributed by atoms with Gasteiger partial charge >= 0.3 is 0 Å². The summed E-state index contributed by atoms with van der Waals surface area (Å²) in [5, 5.41) is 0.646. The van der Waals surface area contributed by atoms with Crippen molar-refractivity contribution in [2.24, 2.45) is 4.99 Å². The highest BCUT2D eigenvalue weighted by molar-refractivity contribution is 8.00. The van der Waals surface area contributed by atoms with E-state index in [1.807, 2.05) is 52.8 Å². The number of benzene rings is 2. The summed E-state index contributed by atoms with van der Waals surface area (Å²) >= 11 is 8.90. The van der Waals surface area contributed by atoms with Gasteiger partial charge in [0.05, 0.1) is 28.3 Å². The van der Waals surface area contributed by atoms with E-state index in [1.54, 1.807) is 0 Å². The first-order valence-electron chi connectivity index (χ1n) is 11.6. The van der Waals surface area contributed by atoms with Crippen LogP contribution in [0.1, 0.15) is 6.92 Å². The average molecular weight is 533 g/mol. The number of thiazole rings is 1. The van der Waals surface area contributed by atoms with Crippen LogP contribution in [0.25, 0.3) is 10.2 Å². The second-order valence-corrected chi connectivity index (χ2v) is 10.5. The van der Waals surface area contributed by atoms with Gasteiger partial charge in [-0.15, -0.1) is 11.8 Å². The van der Waals surface area contributed by atoms with Crippen molar-refractivity contribution in [1.29, 1.82) is 0 Å². The fourth-order valence-electron chi connectivity index (χ4n) is 3.96. The van der Waals surface area contributed by atoms with Crippen LogP contribution >= 0.6 is 34.7 Å². The summed E-state index contributed by atoms with van der Waals surface area (Å²) in [6.45, 7) is 6.72. The maximum absolute atomic E-state index is 12.6. The van der Waals surface area contributed by atoms with Crippen molar-refractivity contribution in [2.75, 3.05) is 55.8 Å². The number of piperazine rings is 1. The Morgan fingerprint density at radius 3 is 2.60 bits per heavy atom. The zero-order chi connectivity index (χ0) is 24.6. The maximum Gasteiger partial charge on any atom is 0.258 e. The average Bonchev–Trinajstić information content (AvgIpc) is 3.20. The minimum absolute atomic E-state index is 0.0683. The molecule has 0 atom stereocenters. The normalized spacial score (nSPS) is 14.6. The van der Waals surface area contributed by atoms with Crippen molar-refractivity contribution >= 4 is 62.4 Å². The Labute approximate surface area is 218 Å². The molecule has 0 aliphatic carbocycles. The molecule has 0 N–H and O–H groups in total. The molecule has 2 aromatic carbocycles. The number of halogens is 1. The topological polar surface area (TPSA) is 67.1 Å². The van der Waals surface area contributed by atoms with Gasteiger partial charge in [-0.1, -0.05) is 41.1 Å². The lowest BCUT2D eigenvalue weighted by atomic mass is 10.2. The molecular formula is C25H29ClN4O3S2. The number of nitrogens with zero attached hydrogens (tertiary/aromatic N) is 4. The molecule has 1 fully saturated rings. The van der Waals surface area contributed by atoms with Crippen LogP contribution in [0.4, 0.5) is 5.69 Å². The Balaban J connectivity index is 1.31. The van der Waals surface area contributed by atoms with Crippen molar-refractivity contribution in [1.82, 2.24) is 9.47 Å². The lowest BCUT2D eigenvalue weighted by Crippen LogP contribution is -2.49. The molecule has 1 aliphatic rings. The van der Waals surface area contributed by atoms with Gasteiger partial charge in [0.2, 0.25) is 5.91 Å². The number of thioether (sulfide) groups is 1. The summed E-state index contributed by atoms with van der Waals surface area (Å²) in [4.78, 5) is 34.4. The van der Waals surface area contributed by atoms with E-state index in [0.717, 1.165) is 23.3 Å². The molecule has 1 aromatic heterocycles. The third kappa shape index (κ3) is 6.88. The van der Waals surface area contributed by atoms with Crippen molar-refractivity contribution in [2.45, 2.75) is 13.5 Å². The summed E-state index contributed by atoms with van der Waals surface area (Å²) in [5.74, 6) is 0.257. The Hall–Kier alpha value is -2.33. The van der Waals surface area contributed by atoms with Gasteiger partial charge in [-0.05, 0) is 37.3 Å². The summed E-state index contributed by atoms with van der Waals surface area (Å²) in [5.41, 5.74) is 2.16. The molecule has 3 aromatic rings. The van der Waals surface area contributed by atoms with Gasteiger partial charge in [-0.25, -0.2) is 0 Å². The smallest absolute Gasteiger partial charge is 0.258 e. The molecule has 7 nitrogen and oxygen atoms in total. The Kier molecular flexibility index (Phi) is 9.25. The van der Waals surface area contributed by atoms with Gasteiger partial charge in [0.25, 0.3) is 5.91 Å². The van der Waals surface area contributed by atoms with E-state index in [4.69, 9.17) is 16.3 Å². The zero-order valence-electron chi connectivity index (χ0n) is 19.7. The number of rotatable bonds is 9. The number of carbonyl (C=O) groups excluding carboxylic acids is 2. The van der Waals surface area contributed by atoms with Crippen LogP contribution in [0.3, 0.4) is 0 Å². The Morgan fingerprint density at radius 1 is 1.09 bits per heavy atom. The summed E-state index contributed by atoms with van der Waals surface area (Å²) in [6.07, 6.45) is 0. The number of para-hydroxylation sites is 1. The van der Waals surface area contributed by atoms with E-state index in [-0.39, 0.29) is 23.3 Å². The molecule has 0 radical (unpaired) electrons. The highest BCUT2D eigenvalue weighted by Gasteiger charge is 2.21. The first kappa shape index (κ1) is 25.8. The van der Waals surface area contributed by atoms with Crippen LogP contribution in [0.15, 0.2) is 53.5 Å². The van der Waals surface area contributed by atoms with E-state index < -0.39 is 0 Å². The Morgan fingerprint density at radius 2 is 1.86 bits per heavy atom. The number of amides is 2. The quantitative estimate of drug-likeness (QED) is 0.391. The predicted molar refractivity (Wildman–Crippen MR) is 144 cm³/mol. The minimum atomic E-state index is -0.250. The largest absolute Gasteiger partial charge is 0.380 e. The molecule has 0 saturated carbocycles. The third-order valence-electron chi connectivity index (χ3n) is 5.73. The van der Waals surface area contributed by atoms with E-state index in [9.17, 15) is 9.59 Å². The first-order chi connectivity index (χ1) is 17.0. The second kappa shape index (κ2) is 12.6. The van der Waals surface area contributed by atoms with Gasteiger partial charge in [0.15, 0.2) is 4.80 Å². The van der Waals surface area contributed by atoms with Crippen molar-refractivity contribution in [3.8, 4) is 0 Å². The predicted octanol–water partition coefficient (Wildman–Crippen LogP) is 3.90. The molecule has 4 rings (SSSR count). The number of fused-ring (bicyclic) bond motifs is 1. The highest BCUT2D eigenvalue weighted by Crippen LogP contribution is 2.22. The summed E-state index contributed by atoms with van der Waals surface area (Å²) in [6, 6.07) is 15.9. The van der Waals surface area contributed by atoms with E-state index >= 15 is 0 Å². The molecule has 186 valence electrons. The number of aromatic nitrogens is 1. The molecule has 10 heteroatoms. The number of hydrogen-bond acceptors (Lipinski definition) is 6.